The van der Waals surface area contributed by atoms with E-state index in [-0.39, 0.29) is 94.8 Å². The fraction of sp³-hybridized carbons (Fsp3) is 0.393. The van der Waals surface area contributed by atoms with Crippen LogP contribution in [0.5, 0.6) is 0 Å². The van der Waals surface area contributed by atoms with Gasteiger partial charge in [0.1, 0.15) is 6.04 Å². The molecule has 0 saturated heterocycles. The summed E-state index contributed by atoms with van der Waals surface area (Å²) >= 11 is 49.3. The number of esters is 1. The van der Waals surface area contributed by atoms with Crippen molar-refractivity contribution in [2.24, 2.45) is 0 Å². The second-order valence-electron chi connectivity index (χ2n) is 9.99. The molecule has 2 heterocycles. The maximum absolute atomic E-state index is 13.5. The van der Waals surface area contributed by atoms with E-state index in [1.807, 2.05) is 6.92 Å². The highest BCUT2D eigenvalue weighted by Gasteiger charge is 2.47. The van der Waals surface area contributed by atoms with E-state index < -0.39 is 35.6 Å². The minimum absolute atomic E-state index is 0.0711. The molecule has 2 aliphatic heterocycles. The molecule has 0 spiro atoms. The summed E-state index contributed by atoms with van der Waals surface area (Å²) in [4.78, 5) is 68.0. The van der Waals surface area contributed by atoms with Crippen molar-refractivity contribution >= 4 is 122 Å². The molecule has 4 amide bonds. The number of amides is 4. The molecular formula is C28H22Cl8N2O6. The molecule has 0 unspecified atom stereocenters. The molecule has 0 bridgehead atoms. The Kier molecular flexibility index (Phi) is 11.7. The van der Waals surface area contributed by atoms with Crippen LogP contribution in [0.15, 0.2) is 0 Å². The van der Waals surface area contributed by atoms with Crippen LogP contribution in [0, 0.1) is 0 Å². The number of ether oxygens (including phenoxy) is 1. The lowest BCUT2D eigenvalue weighted by Gasteiger charge is -2.25. The lowest BCUT2D eigenvalue weighted by atomic mass is 10.1. The molecule has 44 heavy (non-hydrogen) atoms. The van der Waals surface area contributed by atoms with Crippen molar-refractivity contribution in [2.45, 2.75) is 57.9 Å². The summed E-state index contributed by atoms with van der Waals surface area (Å²) in [6.45, 7) is 2.02. The van der Waals surface area contributed by atoms with Gasteiger partial charge in [0.15, 0.2) is 0 Å². The van der Waals surface area contributed by atoms with Crippen LogP contribution in [-0.4, -0.2) is 58.6 Å². The third kappa shape index (κ3) is 6.26. The van der Waals surface area contributed by atoms with Gasteiger partial charge in [0.2, 0.25) is 0 Å². The number of benzene rings is 2. The van der Waals surface area contributed by atoms with E-state index >= 15 is 0 Å². The summed E-state index contributed by atoms with van der Waals surface area (Å²) < 4.78 is 5.45. The van der Waals surface area contributed by atoms with Crippen molar-refractivity contribution in [3.8, 4) is 0 Å². The van der Waals surface area contributed by atoms with Gasteiger partial charge in [0.05, 0.1) is 69.0 Å². The van der Waals surface area contributed by atoms with Crippen LogP contribution < -0.4 is 0 Å². The molecule has 0 fully saturated rings. The minimum atomic E-state index is -1.37. The normalized spacial score (nSPS) is 14.9. The zero-order valence-corrected chi connectivity index (χ0v) is 28.9. The Morgan fingerprint density at radius 1 is 0.591 bits per heavy atom. The van der Waals surface area contributed by atoms with E-state index in [1.165, 1.54) is 0 Å². The van der Waals surface area contributed by atoms with E-state index in [1.54, 1.807) is 0 Å². The summed E-state index contributed by atoms with van der Waals surface area (Å²) in [7, 11) is 0. The number of unbranched alkanes of at least 4 members (excludes halogenated alkanes) is 4. The topological polar surface area (TPSA) is 101 Å². The number of fused-ring (bicyclic) bond motifs is 2. The Balaban J connectivity index is 1.53. The van der Waals surface area contributed by atoms with Crippen molar-refractivity contribution in [2.75, 3.05) is 13.2 Å². The molecule has 8 nitrogen and oxygen atoms in total. The van der Waals surface area contributed by atoms with Gasteiger partial charge in [-0.2, -0.15) is 0 Å². The maximum atomic E-state index is 13.5. The predicted molar refractivity (Wildman–Crippen MR) is 172 cm³/mol. The molecule has 16 heteroatoms. The highest BCUT2D eigenvalue weighted by molar-refractivity contribution is 6.56. The third-order valence-electron chi connectivity index (χ3n) is 7.25. The molecule has 0 aromatic heterocycles. The lowest BCUT2D eigenvalue weighted by molar-refractivity contribution is -0.148. The average molecular weight is 766 g/mol. The Morgan fingerprint density at radius 2 is 1.02 bits per heavy atom. The smallest absolute Gasteiger partial charge is 0.329 e. The zero-order chi connectivity index (χ0) is 32.6. The average Bonchev–Trinajstić information content (AvgIpc) is 3.40. The van der Waals surface area contributed by atoms with Crippen LogP contribution >= 0.6 is 92.8 Å². The number of carbonyl (C=O) groups excluding carboxylic acids is 5. The number of nitrogens with zero attached hydrogens (tertiary/aromatic N) is 2. The highest BCUT2D eigenvalue weighted by atomic mass is 35.5. The van der Waals surface area contributed by atoms with Crippen molar-refractivity contribution in [1.29, 1.82) is 0 Å². The summed E-state index contributed by atoms with van der Waals surface area (Å²) in [6.07, 6.45) is 3.62. The first kappa shape index (κ1) is 35.4. The zero-order valence-electron chi connectivity index (χ0n) is 22.8. The molecule has 0 saturated carbocycles. The SMILES string of the molecule is CCCCCCOC(=O)[C@H](CCCCN1C(=O)c2c(Cl)c(Cl)c(Cl)c(Cl)c2C1=O)N1C(=O)c2c(Cl)c(Cl)c(Cl)c(Cl)c2C1=O. The van der Waals surface area contributed by atoms with Crippen LogP contribution in [0.4, 0.5) is 0 Å². The molecule has 0 N–H and O–H groups in total. The largest absolute Gasteiger partial charge is 0.464 e. The first-order valence-electron chi connectivity index (χ1n) is 13.4. The second kappa shape index (κ2) is 14.5. The summed E-state index contributed by atoms with van der Waals surface area (Å²) in [5.74, 6) is -4.01. The lowest BCUT2D eigenvalue weighted by Crippen LogP contribution is -2.46. The van der Waals surface area contributed by atoms with Gasteiger partial charge in [-0.3, -0.25) is 29.0 Å². The molecule has 0 aliphatic carbocycles. The molecule has 2 aliphatic rings. The molecule has 236 valence electrons. The monoisotopic (exact) mass is 762 g/mol. The van der Waals surface area contributed by atoms with Gasteiger partial charge in [-0.05, 0) is 25.7 Å². The number of halogens is 8. The molecular weight excluding hydrogens is 744 g/mol. The third-order valence-corrected chi connectivity index (χ3v) is 10.9. The van der Waals surface area contributed by atoms with Crippen LogP contribution in [0.1, 0.15) is 93.3 Å². The van der Waals surface area contributed by atoms with Gasteiger partial charge in [-0.25, -0.2) is 4.79 Å². The van der Waals surface area contributed by atoms with E-state index in [9.17, 15) is 24.0 Å². The Hall–Kier alpha value is -1.49. The van der Waals surface area contributed by atoms with Crippen molar-refractivity contribution in [3.05, 3.63) is 62.4 Å². The van der Waals surface area contributed by atoms with Gasteiger partial charge in [0, 0.05) is 6.54 Å². The highest BCUT2D eigenvalue weighted by Crippen LogP contribution is 2.46. The van der Waals surface area contributed by atoms with E-state index in [0.717, 1.165) is 29.1 Å². The van der Waals surface area contributed by atoms with Crippen LogP contribution in [0.3, 0.4) is 0 Å². The van der Waals surface area contributed by atoms with Gasteiger partial charge < -0.3 is 4.74 Å². The Bertz CT molecular complexity index is 1500. The maximum Gasteiger partial charge on any atom is 0.329 e. The summed E-state index contributed by atoms with van der Waals surface area (Å²) in [6, 6.07) is -1.37. The van der Waals surface area contributed by atoms with Crippen LogP contribution in [0.25, 0.3) is 0 Å². The fourth-order valence-corrected chi connectivity index (χ4v) is 7.03. The second-order valence-corrected chi connectivity index (χ2v) is 13.0. The number of hydrogen-bond acceptors (Lipinski definition) is 6. The molecule has 2 aromatic rings. The number of imide groups is 2. The van der Waals surface area contributed by atoms with Gasteiger partial charge in [-0.1, -0.05) is 119 Å². The van der Waals surface area contributed by atoms with Crippen LogP contribution in [-0.2, 0) is 9.53 Å². The predicted octanol–water partition coefficient (Wildman–Crippen LogP) is 9.47. The fourth-order valence-electron chi connectivity index (χ4n) is 5.01. The van der Waals surface area contributed by atoms with E-state index in [4.69, 9.17) is 97.5 Å². The summed E-state index contributed by atoms with van der Waals surface area (Å²) in [5.41, 5.74) is -0.849. The number of carbonyl (C=O) groups is 5. The molecule has 0 radical (unpaired) electrons. The van der Waals surface area contributed by atoms with Crippen molar-refractivity contribution < 1.29 is 28.7 Å². The van der Waals surface area contributed by atoms with Crippen LogP contribution in [0.2, 0.25) is 40.2 Å². The molecule has 1 atom stereocenters. The van der Waals surface area contributed by atoms with E-state index in [0.29, 0.717) is 6.42 Å². The number of rotatable bonds is 12. The summed E-state index contributed by atoms with van der Waals surface area (Å²) in [5, 5.41) is -1.65. The van der Waals surface area contributed by atoms with Crippen molar-refractivity contribution in [1.82, 2.24) is 9.80 Å². The van der Waals surface area contributed by atoms with Crippen molar-refractivity contribution in [3.63, 3.8) is 0 Å². The van der Waals surface area contributed by atoms with Gasteiger partial charge >= 0.3 is 5.97 Å². The quantitative estimate of drug-likeness (QED) is 0.0702. The Morgan fingerprint density at radius 3 is 1.45 bits per heavy atom. The van der Waals surface area contributed by atoms with Gasteiger partial charge in [0.25, 0.3) is 23.6 Å². The molecule has 4 rings (SSSR count). The standard InChI is InChI=1S/C28H22Cl8N2O6/c1-2-3-4-7-10-44-28(43)11(38-26(41)14-15(27(38)42)19(32)23(36)22(35)18(14)31)8-5-6-9-37-24(39)12-13(25(37)40)17(30)21(34)20(33)16(12)29/h11H,2-10H2,1H3/t11-/m0/s1. The van der Waals surface area contributed by atoms with Gasteiger partial charge in [-0.15, -0.1) is 0 Å². The molecule has 2 aromatic carbocycles. The first-order chi connectivity index (χ1) is 20.8. The first-order valence-corrected chi connectivity index (χ1v) is 16.4. The minimum Gasteiger partial charge on any atom is -0.464 e. The Labute approximate surface area is 292 Å². The van der Waals surface area contributed by atoms with E-state index in [2.05, 4.69) is 0 Å². The number of hydrogen-bond donors (Lipinski definition) is 0.